The maximum atomic E-state index is 10.5. The third-order valence-electron chi connectivity index (χ3n) is 3.07. The third-order valence-corrected chi connectivity index (χ3v) is 3.07. The largest absolute Gasteiger partial charge is 0.341 e. The minimum Gasteiger partial charge on any atom is -0.341 e. The molecule has 0 aliphatic carbocycles. The number of anilines is 1. The molecule has 0 aromatic carbocycles. The second-order valence-corrected chi connectivity index (χ2v) is 4.16. The van der Waals surface area contributed by atoms with Crippen molar-refractivity contribution in [2.75, 3.05) is 24.5 Å². The Bertz CT molecular complexity index is 386. The molecule has 7 nitrogen and oxygen atoms in total. The van der Waals surface area contributed by atoms with Crippen LogP contribution in [0.1, 0.15) is 12.8 Å². The van der Waals surface area contributed by atoms with E-state index in [1.54, 1.807) is 0 Å². The van der Waals surface area contributed by atoms with Crippen molar-refractivity contribution < 1.29 is 4.92 Å². The fraction of sp³-hybridized carbons (Fsp3) is 0.600. The third kappa shape index (κ3) is 2.68. The molecule has 0 amide bonds. The summed E-state index contributed by atoms with van der Waals surface area (Å²) in [5, 5.41) is 10.5. The zero-order valence-electron chi connectivity index (χ0n) is 9.45. The van der Waals surface area contributed by atoms with E-state index in [4.69, 9.17) is 5.73 Å². The predicted molar refractivity (Wildman–Crippen MR) is 62.7 cm³/mol. The SMILES string of the molecule is NCC1CCN(c2ncc([N+](=O)[O-])cn2)CC1. The first-order valence-corrected chi connectivity index (χ1v) is 5.62. The predicted octanol–water partition coefficient (Wildman–Crippen LogP) is 0.560. The molecule has 0 bridgehead atoms. The van der Waals surface area contributed by atoms with Gasteiger partial charge >= 0.3 is 5.69 Å². The Balaban J connectivity index is 2.01. The lowest BCUT2D eigenvalue weighted by atomic mass is 9.97. The van der Waals surface area contributed by atoms with Crippen LogP contribution in [0.5, 0.6) is 0 Å². The van der Waals surface area contributed by atoms with Gasteiger partial charge in [0.25, 0.3) is 0 Å². The molecule has 0 spiro atoms. The lowest BCUT2D eigenvalue weighted by Gasteiger charge is -2.31. The van der Waals surface area contributed by atoms with Gasteiger partial charge in [-0.05, 0) is 25.3 Å². The quantitative estimate of drug-likeness (QED) is 0.609. The summed E-state index contributed by atoms with van der Waals surface area (Å²) in [5.74, 6) is 1.13. The molecule has 92 valence electrons. The number of hydrogen-bond acceptors (Lipinski definition) is 6. The number of nitrogens with zero attached hydrogens (tertiary/aromatic N) is 4. The van der Waals surface area contributed by atoms with Crippen LogP contribution in [0.4, 0.5) is 11.6 Å². The van der Waals surface area contributed by atoms with Crippen LogP contribution in [0.3, 0.4) is 0 Å². The first kappa shape index (κ1) is 11.7. The topological polar surface area (TPSA) is 98.2 Å². The van der Waals surface area contributed by atoms with Gasteiger partial charge in [0.2, 0.25) is 5.95 Å². The van der Waals surface area contributed by atoms with Crippen molar-refractivity contribution in [3.8, 4) is 0 Å². The van der Waals surface area contributed by atoms with Crippen molar-refractivity contribution in [3.63, 3.8) is 0 Å². The molecule has 0 saturated carbocycles. The van der Waals surface area contributed by atoms with E-state index in [0.29, 0.717) is 11.9 Å². The minimum absolute atomic E-state index is 0.0782. The van der Waals surface area contributed by atoms with Gasteiger partial charge in [-0.15, -0.1) is 0 Å². The van der Waals surface area contributed by atoms with Gasteiger partial charge in [-0.25, -0.2) is 9.97 Å². The van der Waals surface area contributed by atoms with Gasteiger partial charge in [0.05, 0.1) is 4.92 Å². The summed E-state index contributed by atoms with van der Waals surface area (Å²) >= 11 is 0. The monoisotopic (exact) mass is 237 g/mol. The zero-order valence-corrected chi connectivity index (χ0v) is 9.45. The maximum Gasteiger partial charge on any atom is 0.305 e. The van der Waals surface area contributed by atoms with Crippen molar-refractivity contribution in [1.29, 1.82) is 0 Å². The Morgan fingerprint density at radius 2 is 2.00 bits per heavy atom. The number of nitro groups is 1. The maximum absolute atomic E-state index is 10.5. The van der Waals surface area contributed by atoms with E-state index in [-0.39, 0.29) is 5.69 Å². The van der Waals surface area contributed by atoms with Gasteiger partial charge in [-0.2, -0.15) is 0 Å². The highest BCUT2D eigenvalue weighted by molar-refractivity contribution is 5.34. The summed E-state index contributed by atoms with van der Waals surface area (Å²) in [6.07, 6.45) is 4.54. The summed E-state index contributed by atoms with van der Waals surface area (Å²) in [7, 11) is 0. The summed E-state index contributed by atoms with van der Waals surface area (Å²) in [4.78, 5) is 20.0. The summed E-state index contributed by atoms with van der Waals surface area (Å²) in [5.41, 5.74) is 5.54. The number of rotatable bonds is 3. The highest BCUT2D eigenvalue weighted by Crippen LogP contribution is 2.20. The van der Waals surface area contributed by atoms with Crippen molar-refractivity contribution in [2.24, 2.45) is 11.7 Å². The number of hydrogen-bond donors (Lipinski definition) is 1. The molecule has 2 N–H and O–H groups in total. The lowest BCUT2D eigenvalue weighted by Crippen LogP contribution is -2.37. The molecular formula is C10H15N5O2. The second kappa shape index (κ2) is 5.05. The molecule has 0 radical (unpaired) electrons. The highest BCUT2D eigenvalue weighted by Gasteiger charge is 2.20. The zero-order chi connectivity index (χ0) is 12.3. The first-order valence-electron chi connectivity index (χ1n) is 5.62. The number of aromatic nitrogens is 2. The van der Waals surface area contributed by atoms with Crippen molar-refractivity contribution in [3.05, 3.63) is 22.5 Å². The summed E-state index contributed by atoms with van der Waals surface area (Å²) < 4.78 is 0. The average molecular weight is 237 g/mol. The standard InChI is InChI=1S/C10H15N5O2/c11-5-8-1-3-14(4-2-8)10-12-6-9(7-13-10)15(16)17/h6-8H,1-5,11H2. The molecule has 1 aliphatic rings. The van der Waals surface area contributed by atoms with Gasteiger partial charge in [0, 0.05) is 13.1 Å². The van der Waals surface area contributed by atoms with Crippen LogP contribution in [0.2, 0.25) is 0 Å². The van der Waals surface area contributed by atoms with E-state index < -0.39 is 4.92 Å². The minimum atomic E-state index is -0.496. The van der Waals surface area contributed by atoms with Crippen molar-refractivity contribution in [2.45, 2.75) is 12.8 Å². The molecule has 17 heavy (non-hydrogen) atoms. The Morgan fingerprint density at radius 3 is 2.47 bits per heavy atom. The Morgan fingerprint density at radius 1 is 1.41 bits per heavy atom. The Kier molecular flexibility index (Phi) is 3.48. The molecule has 0 atom stereocenters. The van der Waals surface area contributed by atoms with Crippen LogP contribution < -0.4 is 10.6 Å². The smallest absolute Gasteiger partial charge is 0.305 e. The van der Waals surface area contributed by atoms with E-state index in [1.165, 1.54) is 12.4 Å². The van der Waals surface area contributed by atoms with Crippen LogP contribution in [0.25, 0.3) is 0 Å². The first-order chi connectivity index (χ1) is 8.20. The van der Waals surface area contributed by atoms with Gasteiger partial charge in [0.1, 0.15) is 12.4 Å². The van der Waals surface area contributed by atoms with E-state index in [9.17, 15) is 10.1 Å². The second-order valence-electron chi connectivity index (χ2n) is 4.16. The van der Waals surface area contributed by atoms with E-state index in [1.807, 2.05) is 4.90 Å². The summed E-state index contributed by atoms with van der Waals surface area (Å²) in [6, 6.07) is 0. The van der Waals surface area contributed by atoms with Crippen LogP contribution in [-0.4, -0.2) is 34.5 Å². The molecule has 1 fully saturated rings. The molecule has 1 aromatic heterocycles. The van der Waals surface area contributed by atoms with Crippen LogP contribution in [-0.2, 0) is 0 Å². The van der Waals surface area contributed by atoms with E-state index >= 15 is 0 Å². The normalized spacial score (nSPS) is 17.1. The van der Waals surface area contributed by atoms with E-state index in [2.05, 4.69) is 9.97 Å². The lowest BCUT2D eigenvalue weighted by molar-refractivity contribution is -0.385. The fourth-order valence-corrected chi connectivity index (χ4v) is 1.94. The Hall–Kier alpha value is -1.76. The molecule has 0 unspecified atom stereocenters. The van der Waals surface area contributed by atoms with Gasteiger partial charge in [0.15, 0.2) is 0 Å². The Labute approximate surface area is 98.8 Å². The molecule has 1 saturated heterocycles. The fourth-order valence-electron chi connectivity index (χ4n) is 1.94. The van der Waals surface area contributed by atoms with E-state index in [0.717, 1.165) is 32.5 Å². The molecule has 2 rings (SSSR count). The number of nitrogens with two attached hydrogens (primary N) is 1. The van der Waals surface area contributed by atoms with Crippen molar-refractivity contribution in [1.82, 2.24) is 9.97 Å². The molecule has 2 heterocycles. The van der Waals surface area contributed by atoms with Crippen LogP contribution in [0, 0.1) is 16.0 Å². The van der Waals surface area contributed by atoms with Gasteiger partial charge in [-0.1, -0.05) is 0 Å². The number of piperidine rings is 1. The summed E-state index contributed by atoms with van der Waals surface area (Å²) in [6.45, 7) is 2.44. The van der Waals surface area contributed by atoms with Crippen LogP contribution in [0.15, 0.2) is 12.4 Å². The van der Waals surface area contributed by atoms with Gasteiger partial charge < -0.3 is 10.6 Å². The van der Waals surface area contributed by atoms with Gasteiger partial charge in [-0.3, -0.25) is 10.1 Å². The van der Waals surface area contributed by atoms with Crippen LogP contribution >= 0.6 is 0 Å². The average Bonchev–Trinajstić information content (AvgIpc) is 2.39. The molecule has 1 aromatic rings. The van der Waals surface area contributed by atoms with Crippen molar-refractivity contribution >= 4 is 11.6 Å². The molecule has 7 heteroatoms. The molecule has 1 aliphatic heterocycles. The highest BCUT2D eigenvalue weighted by atomic mass is 16.6. The molecular weight excluding hydrogens is 222 g/mol.